The van der Waals surface area contributed by atoms with Gasteiger partial charge in [-0.1, -0.05) is 117 Å². The first-order valence-corrected chi connectivity index (χ1v) is 13.0. The molecule has 1 fully saturated rings. The first-order valence-electron chi connectivity index (χ1n) is 13.0. The average Bonchev–Trinajstić information content (AvgIpc) is 3.28. The summed E-state index contributed by atoms with van der Waals surface area (Å²) in [6, 6.07) is 16.1. The van der Waals surface area contributed by atoms with E-state index in [2.05, 4.69) is 58.9 Å². The summed E-state index contributed by atoms with van der Waals surface area (Å²) in [7, 11) is 0. The van der Waals surface area contributed by atoms with Gasteiger partial charge in [-0.15, -0.1) is 0 Å². The quantitative estimate of drug-likeness (QED) is 0.497. The molecule has 0 saturated heterocycles. The van der Waals surface area contributed by atoms with Crippen molar-refractivity contribution < 1.29 is 9.90 Å². The highest BCUT2D eigenvalue weighted by atomic mass is 16.3. The van der Waals surface area contributed by atoms with Crippen molar-refractivity contribution >= 4 is 5.78 Å². The second-order valence-electron chi connectivity index (χ2n) is 8.81. The van der Waals surface area contributed by atoms with Gasteiger partial charge in [-0.25, -0.2) is 0 Å². The molecule has 33 heavy (non-hydrogen) atoms. The Balaban J connectivity index is 0. The molecule has 1 aliphatic rings. The van der Waals surface area contributed by atoms with E-state index in [4.69, 9.17) is 5.11 Å². The summed E-state index contributed by atoms with van der Waals surface area (Å²) in [4.78, 5) is 11.0. The molecule has 0 heterocycles. The Labute approximate surface area is 205 Å². The van der Waals surface area contributed by atoms with Gasteiger partial charge in [-0.2, -0.15) is 0 Å². The molecule has 0 spiro atoms. The topological polar surface area (TPSA) is 37.3 Å². The molecule has 2 aromatic rings. The molecule has 0 atom stereocenters. The van der Waals surface area contributed by atoms with Crippen molar-refractivity contribution in [3.05, 3.63) is 65.2 Å². The minimum atomic E-state index is 0.0556. The second kappa shape index (κ2) is 19.4. The van der Waals surface area contributed by atoms with Crippen molar-refractivity contribution in [1.82, 2.24) is 0 Å². The molecule has 1 N–H and O–H groups in total. The van der Waals surface area contributed by atoms with E-state index >= 15 is 0 Å². The number of hydrogen-bond donors (Lipinski definition) is 1. The minimum Gasteiger partial charge on any atom is -0.508 e. The van der Waals surface area contributed by atoms with Gasteiger partial charge in [0.2, 0.25) is 0 Å². The van der Waals surface area contributed by atoms with Crippen LogP contribution < -0.4 is 0 Å². The number of phenolic OH excluding ortho intramolecular Hbond substituents is 1. The van der Waals surface area contributed by atoms with Crippen molar-refractivity contribution in [2.24, 2.45) is 5.41 Å². The van der Waals surface area contributed by atoms with Gasteiger partial charge in [0.1, 0.15) is 11.5 Å². The zero-order valence-electron chi connectivity index (χ0n) is 23.3. The molecule has 0 radical (unpaired) electrons. The Hall–Kier alpha value is -2.09. The number of carbonyl (C=O) groups excluding carboxylic acids is 1. The third kappa shape index (κ3) is 14.6. The van der Waals surface area contributed by atoms with Gasteiger partial charge in [0.15, 0.2) is 0 Å². The Morgan fingerprint density at radius 1 is 0.909 bits per heavy atom. The van der Waals surface area contributed by atoms with Crippen LogP contribution in [0.15, 0.2) is 48.5 Å². The molecule has 1 saturated carbocycles. The van der Waals surface area contributed by atoms with Crippen LogP contribution in [-0.4, -0.2) is 10.9 Å². The maximum atomic E-state index is 11.0. The van der Waals surface area contributed by atoms with E-state index in [1.165, 1.54) is 42.4 Å². The lowest BCUT2D eigenvalue weighted by Crippen LogP contribution is -2.20. The molecule has 0 bridgehead atoms. The van der Waals surface area contributed by atoms with E-state index in [0.717, 1.165) is 12.8 Å². The highest BCUT2D eigenvalue weighted by Gasteiger charge is 2.32. The molecule has 188 valence electrons. The lowest BCUT2D eigenvalue weighted by Gasteiger charge is -2.18. The maximum Gasteiger partial charge on any atom is 0.135 e. The number of Topliss-reactive ketones (excluding diaryl/α,β-unsaturated/α-hetero) is 1. The Morgan fingerprint density at radius 3 is 1.70 bits per heavy atom. The smallest absolute Gasteiger partial charge is 0.135 e. The molecular weight excluding hydrogens is 404 g/mol. The number of aryl methyl sites for hydroxylation is 2. The largest absolute Gasteiger partial charge is 0.508 e. The van der Waals surface area contributed by atoms with E-state index < -0.39 is 0 Å². The van der Waals surface area contributed by atoms with Gasteiger partial charge in [-0.05, 0) is 62.3 Å². The van der Waals surface area contributed by atoms with Crippen molar-refractivity contribution in [2.75, 3.05) is 0 Å². The predicted molar refractivity (Wildman–Crippen MR) is 147 cm³/mol. The third-order valence-corrected chi connectivity index (χ3v) is 5.78. The molecule has 3 rings (SSSR count). The van der Waals surface area contributed by atoms with Crippen LogP contribution in [0.4, 0.5) is 0 Å². The van der Waals surface area contributed by atoms with Gasteiger partial charge >= 0.3 is 0 Å². The Morgan fingerprint density at radius 2 is 1.36 bits per heavy atom. The molecule has 0 unspecified atom stereocenters. The summed E-state index contributed by atoms with van der Waals surface area (Å²) >= 11 is 0. The second-order valence-corrected chi connectivity index (χ2v) is 8.81. The standard InChI is InChI=1S/C10H14.C9H12O.C8H14O.2C2H6/c1-3-4-10-7-5-9(2)6-8-10;1-7(2)8-3-5-9(10)6-4-8;1-7(9)8(2)5-3-4-6-8;2*1-2/h5-8H,3-4H2,1-2H3;3-7,10H,1-2H3;3-6H2,1-2H3;2*1-2H3. The first kappa shape index (κ1) is 33.1. The van der Waals surface area contributed by atoms with Crippen molar-refractivity contribution in [3.8, 4) is 5.75 Å². The Kier molecular flexibility index (Phi) is 19.4. The molecule has 2 aromatic carbocycles. The average molecular weight is 457 g/mol. The minimum absolute atomic E-state index is 0.0556. The fourth-order valence-electron chi connectivity index (χ4n) is 3.41. The summed E-state index contributed by atoms with van der Waals surface area (Å²) < 4.78 is 0. The number of carbonyl (C=O) groups is 1. The van der Waals surface area contributed by atoms with Crippen LogP contribution in [0.5, 0.6) is 5.75 Å². The van der Waals surface area contributed by atoms with E-state index in [9.17, 15) is 4.79 Å². The fourth-order valence-corrected chi connectivity index (χ4v) is 3.41. The van der Waals surface area contributed by atoms with Crippen LogP contribution in [0.1, 0.15) is 117 Å². The zero-order chi connectivity index (χ0) is 25.9. The zero-order valence-corrected chi connectivity index (χ0v) is 23.3. The summed E-state index contributed by atoms with van der Waals surface area (Å²) in [5.41, 5.74) is 4.12. The van der Waals surface area contributed by atoms with Crippen LogP contribution in [0.3, 0.4) is 0 Å². The highest BCUT2D eigenvalue weighted by Crippen LogP contribution is 2.37. The van der Waals surface area contributed by atoms with Crippen LogP contribution in [0.25, 0.3) is 0 Å². The molecule has 0 amide bonds. The molecule has 0 aliphatic heterocycles. The summed E-state index contributed by atoms with van der Waals surface area (Å²) in [6.07, 6.45) is 7.17. The number of ketones is 1. The summed E-state index contributed by atoms with van der Waals surface area (Å²) in [6.45, 7) is 20.4. The number of rotatable bonds is 4. The van der Waals surface area contributed by atoms with Gasteiger partial charge in [0.05, 0.1) is 0 Å². The van der Waals surface area contributed by atoms with E-state index in [1.54, 1.807) is 19.1 Å². The summed E-state index contributed by atoms with van der Waals surface area (Å²) in [5, 5.41) is 8.94. The number of benzene rings is 2. The van der Waals surface area contributed by atoms with Gasteiger partial charge in [0, 0.05) is 5.41 Å². The Bertz CT molecular complexity index is 706. The van der Waals surface area contributed by atoms with E-state index in [-0.39, 0.29) is 5.41 Å². The molecule has 1 aliphatic carbocycles. The van der Waals surface area contributed by atoms with Crippen LogP contribution in [0, 0.1) is 12.3 Å². The van der Waals surface area contributed by atoms with Gasteiger partial charge in [-0.3, -0.25) is 4.79 Å². The van der Waals surface area contributed by atoms with E-state index in [0.29, 0.717) is 17.5 Å². The monoisotopic (exact) mass is 456 g/mol. The first-order chi connectivity index (χ1) is 15.7. The van der Waals surface area contributed by atoms with E-state index in [1.807, 2.05) is 39.8 Å². The molecule has 0 aromatic heterocycles. The van der Waals surface area contributed by atoms with Crippen molar-refractivity contribution in [3.63, 3.8) is 0 Å². The van der Waals surface area contributed by atoms with Crippen molar-refractivity contribution in [2.45, 2.75) is 114 Å². The normalized spacial score (nSPS) is 13.1. The van der Waals surface area contributed by atoms with Crippen LogP contribution in [0.2, 0.25) is 0 Å². The lowest BCUT2D eigenvalue weighted by atomic mass is 9.85. The number of aromatic hydroxyl groups is 1. The lowest BCUT2D eigenvalue weighted by molar-refractivity contribution is -0.125. The van der Waals surface area contributed by atoms with Crippen LogP contribution in [-0.2, 0) is 11.2 Å². The maximum absolute atomic E-state index is 11.0. The highest BCUT2D eigenvalue weighted by molar-refractivity contribution is 5.82. The van der Waals surface area contributed by atoms with Gasteiger partial charge < -0.3 is 5.11 Å². The molecule has 2 heteroatoms. The molecular formula is C31H52O2. The van der Waals surface area contributed by atoms with Crippen molar-refractivity contribution in [1.29, 1.82) is 0 Å². The number of phenols is 1. The van der Waals surface area contributed by atoms with Crippen LogP contribution >= 0.6 is 0 Å². The summed E-state index contributed by atoms with van der Waals surface area (Å²) in [5.74, 6) is 1.25. The SMILES string of the molecule is CC.CC.CC(=O)C1(C)CCCC1.CC(C)c1ccc(O)cc1.CCCc1ccc(C)cc1. The predicted octanol–water partition coefficient (Wildman–Crippen LogP) is 9.67. The molecule has 2 nitrogen and oxygen atoms in total. The third-order valence-electron chi connectivity index (χ3n) is 5.78. The number of hydrogen-bond acceptors (Lipinski definition) is 2. The van der Waals surface area contributed by atoms with Gasteiger partial charge in [0.25, 0.3) is 0 Å². The fraction of sp³-hybridized carbons (Fsp3) is 0.581.